The van der Waals surface area contributed by atoms with Crippen molar-refractivity contribution in [3.05, 3.63) is 48.6 Å². The quantitative estimate of drug-likeness (QED) is 0.189. The minimum Gasteiger partial charge on any atom is -0.493 e. The van der Waals surface area contributed by atoms with Crippen molar-refractivity contribution in [1.29, 1.82) is 0 Å². The zero-order valence-electron chi connectivity index (χ0n) is 27.6. The van der Waals surface area contributed by atoms with Crippen LogP contribution in [0.4, 0.5) is 0 Å². The lowest BCUT2D eigenvalue weighted by Gasteiger charge is -2.71. The van der Waals surface area contributed by atoms with Gasteiger partial charge in [0, 0.05) is 12.3 Å². The average Bonchev–Trinajstić information content (AvgIpc) is 3.38. The van der Waals surface area contributed by atoms with Crippen LogP contribution in [0.1, 0.15) is 104 Å². The molecular weight excluding hydrogens is 532 g/mol. The van der Waals surface area contributed by atoms with E-state index in [9.17, 15) is 9.59 Å². The van der Waals surface area contributed by atoms with Crippen molar-refractivity contribution < 1.29 is 19.1 Å². The predicted molar refractivity (Wildman–Crippen MR) is 172 cm³/mol. The maximum atomic E-state index is 14.5. The van der Waals surface area contributed by atoms with Crippen LogP contribution in [0.2, 0.25) is 0 Å². The van der Waals surface area contributed by atoms with E-state index >= 15 is 0 Å². The van der Waals surface area contributed by atoms with Gasteiger partial charge in [0.05, 0.1) is 12.5 Å². The molecule has 5 fully saturated rings. The highest BCUT2D eigenvalue weighted by Crippen LogP contribution is 2.76. The number of fused-ring (bicyclic) bond motifs is 7. The molecule has 0 radical (unpaired) electrons. The second-order valence-corrected chi connectivity index (χ2v) is 16.0. The summed E-state index contributed by atoms with van der Waals surface area (Å²) in [4.78, 5) is 27.3. The maximum absolute atomic E-state index is 14.5. The summed E-state index contributed by atoms with van der Waals surface area (Å²) in [6.45, 7) is 20.5. The van der Waals surface area contributed by atoms with Gasteiger partial charge in [0.15, 0.2) is 11.5 Å². The van der Waals surface area contributed by atoms with Crippen LogP contribution >= 0.6 is 0 Å². The minimum atomic E-state index is -0.491. The van der Waals surface area contributed by atoms with Crippen molar-refractivity contribution >= 4 is 11.8 Å². The molecule has 4 heteroatoms. The van der Waals surface area contributed by atoms with Gasteiger partial charge in [-0.3, -0.25) is 9.59 Å². The monoisotopic (exact) mass is 586 g/mol. The molecule has 0 spiro atoms. The second kappa shape index (κ2) is 10.6. The molecule has 4 nitrogen and oxygen atoms in total. The standard InChI is InChI=1S/C39H54O4/c1-9-10-26-11-13-31(32(23-26)42-8)43-35(41)39-20-15-27(24(2)3)34(39)29-12-14-33-36(5)18-17-30(40)25(4)28(36)16-19-38(33,7)37(29,6)21-22-39/h9,11,13,23,25,27-29,33-34H,1-2,10,12,14-22H2,3-8H3/t25-,27+,28?,29?,33?,34?,36+,37-,38-,39+/m1/s1. The van der Waals surface area contributed by atoms with Crippen molar-refractivity contribution in [2.45, 2.75) is 105 Å². The van der Waals surface area contributed by atoms with Crippen LogP contribution in [0, 0.1) is 57.2 Å². The lowest BCUT2D eigenvalue weighted by molar-refractivity contribution is -0.228. The van der Waals surface area contributed by atoms with E-state index in [1.54, 1.807) is 7.11 Å². The number of ketones is 1. The van der Waals surface area contributed by atoms with Crippen LogP contribution in [0.15, 0.2) is 43.0 Å². The largest absolute Gasteiger partial charge is 0.493 e. The summed E-state index contributed by atoms with van der Waals surface area (Å²) in [5, 5.41) is 0. The van der Waals surface area contributed by atoms with Gasteiger partial charge in [-0.25, -0.2) is 0 Å². The van der Waals surface area contributed by atoms with Crippen molar-refractivity contribution in [2.24, 2.45) is 57.2 Å². The van der Waals surface area contributed by atoms with E-state index in [0.717, 1.165) is 63.4 Å². The summed E-state index contributed by atoms with van der Waals surface area (Å²) >= 11 is 0. The number of ether oxygens (including phenoxy) is 2. The molecule has 43 heavy (non-hydrogen) atoms. The van der Waals surface area contributed by atoms with E-state index in [4.69, 9.17) is 9.47 Å². The topological polar surface area (TPSA) is 52.6 Å². The normalized spacial score (nSPS) is 43.4. The molecule has 0 saturated heterocycles. The molecule has 6 rings (SSSR count). The first kappa shape index (κ1) is 30.7. The van der Waals surface area contributed by atoms with E-state index in [2.05, 4.69) is 47.8 Å². The molecular formula is C39H54O4. The number of hydrogen-bond acceptors (Lipinski definition) is 4. The van der Waals surface area contributed by atoms with E-state index in [1.165, 1.54) is 18.4 Å². The summed E-state index contributed by atoms with van der Waals surface area (Å²) in [6.07, 6.45) is 12.9. The molecule has 4 unspecified atom stereocenters. The van der Waals surface area contributed by atoms with Gasteiger partial charge in [-0.1, -0.05) is 52.0 Å². The highest BCUT2D eigenvalue weighted by atomic mass is 16.6. The molecule has 10 atom stereocenters. The van der Waals surface area contributed by atoms with E-state index in [-0.39, 0.29) is 34.1 Å². The summed E-state index contributed by atoms with van der Waals surface area (Å²) in [6, 6.07) is 5.85. The number of carbonyl (C=O) groups is 2. The Hall–Kier alpha value is -2.36. The molecule has 0 heterocycles. The first-order valence-electron chi connectivity index (χ1n) is 17.0. The van der Waals surface area contributed by atoms with Crippen molar-refractivity contribution in [1.82, 2.24) is 0 Å². The lowest BCUT2D eigenvalue weighted by atomic mass is 9.33. The van der Waals surface area contributed by atoms with Gasteiger partial charge >= 0.3 is 5.97 Å². The molecule has 234 valence electrons. The molecule has 0 N–H and O–H groups in total. The molecule has 1 aromatic rings. The highest BCUT2D eigenvalue weighted by Gasteiger charge is 2.71. The van der Waals surface area contributed by atoms with Gasteiger partial charge < -0.3 is 9.47 Å². The van der Waals surface area contributed by atoms with Gasteiger partial charge in [0.25, 0.3) is 0 Å². The Labute approximate surface area is 260 Å². The fourth-order valence-corrected chi connectivity index (χ4v) is 12.2. The third kappa shape index (κ3) is 4.27. The van der Waals surface area contributed by atoms with E-state index in [1.807, 2.05) is 24.3 Å². The van der Waals surface area contributed by atoms with Gasteiger partial charge in [0.2, 0.25) is 0 Å². The maximum Gasteiger partial charge on any atom is 0.317 e. The summed E-state index contributed by atoms with van der Waals surface area (Å²) < 4.78 is 12.0. The number of rotatable bonds is 6. The SMILES string of the molecule is C=CCc1ccc(OC(=O)[C@]23CC[C@@H](C(=C)C)C2C2CCC4[C@@]5(C)CCC(=O)[C@H](C)C5CC[C@@]4(C)[C@]2(C)CC3)c(OC)c1. The Kier molecular flexibility index (Phi) is 7.57. The van der Waals surface area contributed by atoms with Gasteiger partial charge in [-0.05, 0) is 135 Å². The molecule has 1 aromatic carbocycles. The third-order valence-corrected chi connectivity index (χ3v) is 14.6. The van der Waals surface area contributed by atoms with Crippen LogP contribution in [0.5, 0.6) is 11.5 Å². The van der Waals surface area contributed by atoms with Crippen LogP contribution in [-0.2, 0) is 16.0 Å². The average molecular weight is 587 g/mol. The molecule has 0 amide bonds. The molecule has 5 saturated carbocycles. The van der Waals surface area contributed by atoms with Crippen molar-refractivity contribution in [3.8, 4) is 11.5 Å². The Morgan fingerprint density at radius 2 is 1.74 bits per heavy atom. The summed E-state index contributed by atoms with van der Waals surface area (Å²) in [7, 11) is 1.64. The van der Waals surface area contributed by atoms with Crippen LogP contribution in [0.3, 0.4) is 0 Å². The fraction of sp³-hybridized carbons (Fsp3) is 0.692. The number of Topliss-reactive ketones (excluding diaryl/α,β-unsaturated/α-hetero) is 1. The van der Waals surface area contributed by atoms with Gasteiger partial charge in [-0.2, -0.15) is 0 Å². The van der Waals surface area contributed by atoms with Crippen molar-refractivity contribution in [2.75, 3.05) is 7.11 Å². The van der Waals surface area contributed by atoms with Gasteiger partial charge in [-0.15, -0.1) is 6.58 Å². The number of carbonyl (C=O) groups excluding carboxylic acids is 2. The third-order valence-electron chi connectivity index (χ3n) is 14.6. The minimum absolute atomic E-state index is 0.0689. The van der Waals surface area contributed by atoms with Gasteiger partial charge in [0.1, 0.15) is 5.78 Å². The molecule has 0 aliphatic heterocycles. The smallest absolute Gasteiger partial charge is 0.317 e. The molecule has 5 aliphatic carbocycles. The zero-order chi connectivity index (χ0) is 30.9. The summed E-state index contributed by atoms with van der Waals surface area (Å²) in [5.41, 5.74) is 2.38. The number of methoxy groups -OCH3 is 1. The second-order valence-electron chi connectivity index (χ2n) is 16.0. The molecule has 5 aliphatic rings. The number of allylic oxidation sites excluding steroid dienone is 2. The highest BCUT2D eigenvalue weighted by molar-refractivity contribution is 5.82. The number of benzene rings is 1. The fourth-order valence-electron chi connectivity index (χ4n) is 12.2. The number of esters is 1. The van der Waals surface area contributed by atoms with Crippen LogP contribution in [-0.4, -0.2) is 18.9 Å². The Morgan fingerprint density at radius 1 is 0.977 bits per heavy atom. The predicted octanol–water partition coefficient (Wildman–Crippen LogP) is 9.17. The Bertz CT molecular complexity index is 1330. The zero-order valence-corrected chi connectivity index (χ0v) is 27.6. The molecule has 0 aromatic heterocycles. The first-order chi connectivity index (χ1) is 20.4. The van der Waals surface area contributed by atoms with Crippen LogP contribution in [0.25, 0.3) is 0 Å². The van der Waals surface area contributed by atoms with E-state index < -0.39 is 5.41 Å². The van der Waals surface area contributed by atoms with E-state index in [0.29, 0.717) is 41.0 Å². The Balaban J connectivity index is 1.35. The van der Waals surface area contributed by atoms with Crippen LogP contribution < -0.4 is 9.47 Å². The van der Waals surface area contributed by atoms with Crippen molar-refractivity contribution in [3.63, 3.8) is 0 Å². The Morgan fingerprint density at radius 3 is 2.44 bits per heavy atom. The number of hydrogen-bond donors (Lipinski definition) is 0. The molecule has 0 bridgehead atoms. The lowest BCUT2D eigenvalue weighted by Crippen LogP contribution is -2.66. The summed E-state index contributed by atoms with van der Waals surface area (Å²) in [5.74, 6) is 3.90. The first-order valence-corrected chi connectivity index (χ1v) is 17.0.